The average Bonchev–Trinajstić information content (AvgIpc) is 3.26. The second-order valence-corrected chi connectivity index (χ2v) is 7.31. The van der Waals surface area contributed by atoms with Gasteiger partial charge < -0.3 is 10.6 Å². The molecule has 1 unspecified atom stereocenters. The van der Waals surface area contributed by atoms with Crippen molar-refractivity contribution in [1.82, 2.24) is 24.9 Å². The van der Waals surface area contributed by atoms with Crippen molar-refractivity contribution in [1.29, 1.82) is 0 Å². The Bertz CT molecular complexity index is 936. The molecule has 0 fully saturated rings. The molecule has 9 heteroatoms. The molecule has 27 heavy (non-hydrogen) atoms. The maximum absolute atomic E-state index is 6.22. The number of nitrogens with zero attached hydrogens (tertiary/aromatic N) is 4. The SMILES string of the molecule is CCn1nccc1C(C)NC(=S)Nc1cnn(Cc2ccc(Cl)cc2Cl)c1. The molecular weight excluding hydrogens is 403 g/mol. The number of benzene rings is 1. The van der Waals surface area contributed by atoms with Crippen molar-refractivity contribution in [2.24, 2.45) is 0 Å². The van der Waals surface area contributed by atoms with Gasteiger partial charge in [-0.25, -0.2) is 0 Å². The Hall–Kier alpha value is -2.09. The molecule has 0 aliphatic rings. The minimum Gasteiger partial charge on any atom is -0.354 e. The first-order chi connectivity index (χ1) is 13.0. The Morgan fingerprint density at radius 2 is 2.07 bits per heavy atom. The van der Waals surface area contributed by atoms with Crippen LogP contribution in [0.4, 0.5) is 5.69 Å². The normalized spacial score (nSPS) is 12.0. The molecule has 0 aliphatic carbocycles. The van der Waals surface area contributed by atoms with Crippen molar-refractivity contribution in [3.8, 4) is 0 Å². The summed E-state index contributed by atoms with van der Waals surface area (Å²) in [5.74, 6) is 0. The lowest BCUT2D eigenvalue weighted by Gasteiger charge is -2.17. The minimum absolute atomic E-state index is 0.0374. The lowest BCUT2D eigenvalue weighted by Crippen LogP contribution is -2.32. The number of hydrogen-bond donors (Lipinski definition) is 2. The number of aryl methyl sites for hydroxylation is 1. The second-order valence-electron chi connectivity index (χ2n) is 6.05. The summed E-state index contributed by atoms with van der Waals surface area (Å²) in [6.45, 7) is 5.46. The molecule has 2 aromatic heterocycles. The van der Waals surface area contributed by atoms with Crippen LogP contribution in [0, 0.1) is 0 Å². The van der Waals surface area contributed by atoms with E-state index in [4.69, 9.17) is 35.4 Å². The van der Waals surface area contributed by atoms with E-state index in [1.807, 2.05) is 36.0 Å². The first-order valence-electron chi connectivity index (χ1n) is 8.52. The molecule has 6 nitrogen and oxygen atoms in total. The highest BCUT2D eigenvalue weighted by atomic mass is 35.5. The van der Waals surface area contributed by atoms with Crippen LogP contribution in [0.3, 0.4) is 0 Å². The van der Waals surface area contributed by atoms with Crippen LogP contribution in [0.25, 0.3) is 0 Å². The van der Waals surface area contributed by atoms with Gasteiger partial charge in [0.15, 0.2) is 5.11 Å². The number of thiocarbonyl (C=S) groups is 1. The predicted molar refractivity (Wildman–Crippen MR) is 113 cm³/mol. The van der Waals surface area contributed by atoms with Gasteiger partial charge in [0, 0.05) is 29.0 Å². The summed E-state index contributed by atoms with van der Waals surface area (Å²) in [6.07, 6.45) is 5.39. The van der Waals surface area contributed by atoms with Crippen LogP contribution in [0.1, 0.15) is 31.1 Å². The van der Waals surface area contributed by atoms with Gasteiger partial charge in [0.25, 0.3) is 0 Å². The summed E-state index contributed by atoms with van der Waals surface area (Å²) in [6, 6.07) is 7.45. The Morgan fingerprint density at radius 1 is 1.26 bits per heavy atom. The molecular formula is C18H20Cl2N6S. The molecule has 0 bridgehead atoms. The van der Waals surface area contributed by atoms with Gasteiger partial charge in [-0.15, -0.1) is 0 Å². The summed E-state index contributed by atoms with van der Waals surface area (Å²) in [4.78, 5) is 0. The van der Waals surface area contributed by atoms with Gasteiger partial charge in [-0.3, -0.25) is 9.36 Å². The summed E-state index contributed by atoms with van der Waals surface area (Å²) in [5.41, 5.74) is 2.82. The van der Waals surface area contributed by atoms with E-state index in [1.54, 1.807) is 23.1 Å². The van der Waals surface area contributed by atoms with Crippen LogP contribution in [0.5, 0.6) is 0 Å². The number of aromatic nitrogens is 4. The molecule has 0 amide bonds. The average molecular weight is 423 g/mol. The van der Waals surface area contributed by atoms with Crippen molar-refractivity contribution in [3.63, 3.8) is 0 Å². The quantitative estimate of drug-likeness (QED) is 0.572. The van der Waals surface area contributed by atoms with E-state index in [2.05, 4.69) is 27.8 Å². The third-order valence-corrected chi connectivity index (χ3v) is 4.89. The molecule has 0 spiro atoms. The van der Waals surface area contributed by atoms with Gasteiger partial charge in [-0.2, -0.15) is 10.2 Å². The highest BCUT2D eigenvalue weighted by molar-refractivity contribution is 7.80. The van der Waals surface area contributed by atoms with E-state index >= 15 is 0 Å². The van der Waals surface area contributed by atoms with Crippen molar-refractivity contribution < 1.29 is 0 Å². The van der Waals surface area contributed by atoms with Crippen LogP contribution in [-0.4, -0.2) is 24.7 Å². The van der Waals surface area contributed by atoms with Gasteiger partial charge in [-0.1, -0.05) is 29.3 Å². The van der Waals surface area contributed by atoms with Gasteiger partial charge in [0.1, 0.15) is 0 Å². The number of hydrogen-bond acceptors (Lipinski definition) is 3. The molecule has 142 valence electrons. The van der Waals surface area contributed by atoms with E-state index in [9.17, 15) is 0 Å². The Kier molecular flexibility index (Phi) is 6.36. The van der Waals surface area contributed by atoms with E-state index in [1.165, 1.54) is 0 Å². The first kappa shape index (κ1) is 19.7. The molecule has 1 aromatic carbocycles. The van der Waals surface area contributed by atoms with E-state index in [0.29, 0.717) is 21.7 Å². The van der Waals surface area contributed by atoms with Crippen molar-refractivity contribution in [2.45, 2.75) is 33.0 Å². The predicted octanol–water partition coefficient (Wildman–Crippen LogP) is 4.50. The number of halogens is 2. The fraction of sp³-hybridized carbons (Fsp3) is 0.278. The number of anilines is 1. The standard InChI is InChI=1S/C18H20Cl2N6S/c1-3-26-17(6-7-21-26)12(2)23-18(27)24-15-9-22-25(11-15)10-13-4-5-14(19)8-16(13)20/h4-9,11-12H,3,10H2,1-2H3,(H2,23,24,27). The second kappa shape index (κ2) is 8.73. The zero-order valence-electron chi connectivity index (χ0n) is 15.0. The molecule has 2 heterocycles. The maximum Gasteiger partial charge on any atom is 0.171 e. The Balaban J connectivity index is 1.59. The fourth-order valence-electron chi connectivity index (χ4n) is 2.75. The van der Waals surface area contributed by atoms with Crippen LogP contribution in [-0.2, 0) is 13.1 Å². The monoisotopic (exact) mass is 422 g/mol. The van der Waals surface area contributed by atoms with E-state index in [-0.39, 0.29) is 6.04 Å². The third-order valence-electron chi connectivity index (χ3n) is 4.08. The molecule has 2 N–H and O–H groups in total. The number of rotatable bonds is 6. The zero-order valence-corrected chi connectivity index (χ0v) is 17.3. The van der Waals surface area contributed by atoms with Crippen molar-refractivity contribution in [2.75, 3.05) is 5.32 Å². The third kappa shape index (κ3) is 5.00. The molecule has 0 aliphatic heterocycles. The fourth-order valence-corrected chi connectivity index (χ4v) is 3.51. The minimum atomic E-state index is 0.0374. The highest BCUT2D eigenvalue weighted by Crippen LogP contribution is 2.22. The summed E-state index contributed by atoms with van der Waals surface area (Å²) in [7, 11) is 0. The maximum atomic E-state index is 6.22. The van der Waals surface area contributed by atoms with Crippen LogP contribution >= 0.6 is 35.4 Å². The summed E-state index contributed by atoms with van der Waals surface area (Å²) >= 11 is 17.6. The molecule has 3 aromatic rings. The molecule has 3 rings (SSSR count). The van der Waals surface area contributed by atoms with E-state index < -0.39 is 0 Å². The lowest BCUT2D eigenvalue weighted by molar-refractivity contribution is 0.568. The van der Waals surface area contributed by atoms with Crippen molar-refractivity contribution in [3.05, 3.63) is 64.2 Å². The number of nitrogens with one attached hydrogen (secondary N) is 2. The van der Waals surface area contributed by atoms with E-state index in [0.717, 1.165) is 23.5 Å². The Morgan fingerprint density at radius 3 is 2.81 bits per heavy atom. The Labute approximate surface area is 173 Å². The van der Waals surface area contributed by atoms with Crippen molar-refractivity contribution >= 4 is 46.2 Å². The van der Waals surface area contributed by atoms with Gasteiger partial charge in [-0.05, 0) is 49.8 Å². The van der Waals surface area contributed by atoms with Gasteiger partial charge in [0.05, 0.1) is 30.2 Å². The lowest BCUT2D eigenvalue weighted by atomic mass is 10.2. The highest BCUT2D eigenvalue weighted by Gasteiger charge is 2.12. The van der Waals surface area contributed by atoms with Crippen LogP contribution < -0.4 is 10.6 Å². The largest absolute Gasteiger partial charge is 0.354 e. The summed E-state index contributed by atoms with van der Waals surface area (Å²) < 4.78 is 3.73. The van der Waals surface area contributed by atoms with Crippen LogP contribution in [0.2, 0.25) is 10.0 Å². The van der Waals surface area contributed by atoms with Gasteiger partial charge in [0.2, 0.25) is 0 Å². The first-order valence-corrected chi connectivity index (χ1v) is 9.68. The zero-order chi connectivity index (χ0) is 19.4. The molecule has 0 saturated carbocycles. The molecule has 0 saturated heterocycles. The molecule has 0 radical (unpaired) electrons. The van der Waals surface area contributed by atoms with Gasteiger partial charge >= 0.3 is 0 Å². The smallest absolute Gasteiger partial charge is 0.171 e. The summed E-state index contributed by atoms with van der Waals surface area (Å²) in [5, 5.41) is 16.8. The molecule has 1 atom stereocenters. The van der Waals surface area contributed by atoms with Crippen LogP contribution in [0.15, 0.2) is 42.9 Å². The topological polar surface area (TPSA) is 59.7 Å².